The van der Waals surface area contributed by atoms with Crippen molar-refractivity contribution in [3.63, 3.8) is 0 Å². The average molecular weight is 477 g/mol. The number of alkyl halides is 2. The van der Waals surface area contributed by atoms with Crippen LogP contribution < -0.4 is 10.1 Å². The third-order valence-corrected chi connectivity index (χ3v) is 5.85. The highest BCUT2D eigenvalue weighted by molar-refractivity contribution is 6.06. The third-order valence-electron chi connectivity index (χ3n) is 5.85. The zero-order chi connectivity index (χ0) is 24.5. The Labute approximate surface area is 192 Å². The third kappa shape index (κ3) is 4.85. The van der Waals surface area contributed by atoms with Crippen molar-refractivity contribution in [3.8, 4) is 17.0 Å². The summed E-state index contributed by atoms with van der Waals surface area (Å²) in [5.74, 6) is -6.60. The number of methoxy groups -OCH3 is 1. The molecular weight excluding hydrogens is 457 g/mol. The number of carbonyl (C=O) groups excluding carboxylic acids is 1. The Kier molecular flexibility index (Phi) is 6.49. The van der Waals surface area contributed by atoms with Crippen molar-refractivity contribution in [2.45, 2.75) is 37.5 Å². The molecule has 2 aromatic heterocycles. The molecule has 1 aliphatic carbocycles. The zero-order valence-corrected chi connectivity index (χ0v) is 18.0. The number of hydrogen-bond donors (Lipinski definition) is 1. The summed E-state index contributed by atoms with van der Waals surface area (Å²) in [5, 5.41) is 2.62. The van der Waals surface area contributed by atoms with Gasteiger partial charge in [-0.05, 0) is 48.6 Å². The minimum absolute atomic E-state index is 0.0714. The topological polar surface area (TPSA) is 64.1 Å². The molecule has 1 aromatic carbocycles. The van der Waals surface area contributed by atoms with Gasteiger partial charge in [0.1, 0.15) is 11.6 Å². The smallest absolute Gasteiger partial charge is 0.257 e. The summed E-state index contributed by atoms with van der Waals surface area (Å²) in [6, 6.07) is 3.76. The van der Waals surface area contributed by atoms with Gasteiger partial charge in [-0.3, -0.25) is 9.78 Å². The van der Waals surface area contributed by atoms with Crippen molar-refractivity contribution in [2.75, 3.05) is 12.4 Å². The summed E-state index contributed by atoms with van der Waals surface area (Å²) >= 11 is 0. The van der Waals surface area contributed by atoms with E-state index in [1.165, 1.54) is 19.5 Å². The van der Waals surface area contributed by atoms with E-state index in [2.05, 4.69) is 15.3 Å². The predicted molar refractivity (Wildman–Crippen MR) is 114 cm³/mol. The van der Waals surface area contributed by atoms with Crippen LogP contribution in [0, 0.1) is 17.5 Å². The lowest BCUT2D eigenvalue weighted by molar-refractivity contribution is -0.0382. The number of amides is 1. The van der Waals surface area contributed by atoms with Gasteiger partial charge in [0.2, 0.25) is 11.8 Å². The molecule has 0 unspecified atom stereocenters. The average Bonchev–Trinajstić information content (AvgIpc) is 2.81. The number of rotatable bonds is 5. The second kappa shape index (κ2) is 9.36. The van der Waals surface area contributed by atoms with Gasteiger partial charge in [0.15, 0.2) is 5.82 Å². The van der Waals surface area contributed by atoms with E-state index in [0.29, 0.717) is 5.56 Å². The monoisotopic (exact) mass is 477 g/mol. The number of nitrogens with zero attached hydrogens (tertiary/aromatic N) is 2. The van der Waals surface area contributed by atoms with E-state index in [9.17, 15) is 26.7 Å². The maximum Gasteiger partial charge on any atom is 0.257 e. The number of pyridine rings is 2. The molecule has 178 valence electrons. The molecule has 0 bridgehead atoms. The highest BCUT2D eigenvalue weighted by Gasteiger charge is 2.36. The van der Waals surface area contributed by atoms with Gasteiger partial charge >= 0.3 is 0 Å². The molecule has 4 rings (SSSR count). The van der Waals surface area contributed by atoms with E-state index in [4.69, 9.17) is 4.74 Å². The molecular formula is C24H20F5N3O2. The van der Waals surface area contributed by atoms with Crippen LogP contribution in [0.3, 0.4) is 0 Å². The maximum absolute atomic E-state index is 14.6. The molecule has 3 aromatic rings. The van der Waals surface area contributed by atoms with E-state index < -0.39 is 35.2 Å². The molecule has 2 heterocycles. The molecule has 5 nitrogen and oxygen atoms in total. The summed E-state index contributed by atoms with van der Waals surface area (Å²) in [6.45, 7) is 0. The van der Waals surface area contributed by atoms with Gasteiger partial charge in [0.25, 0.3) is 5.91 Å². The van der Waals surface area contributed by atoms with Crippen LogP contribution in [-0.4, -0.2) is 28.9 Å². The molecule has 1 N–H and O–H groups in total. The van der Waals surface area contributed by atoms with Gasteiger partial charge in [-0.25, -0.2) is 26.9 Å². The van der Waals surface area contributed by atoms with E-state index in [-0.39, 0.29) is 53.9 Å². The van der Waals surface area contributed by atoms with Gasteiger partial charge < -0.3 is 10.1 Å². The molecule has 0 aliphatic heterocycles. The summed E-state index contributed by atoms with van der Waals surface area (Å²) in [7, 11) is 1.22. The first-order valence-electron chi connectivity index (χ1n) is 10.5. The van der Waals surface area contributed by atoms with Crippen LogP contribution in [0.1, 0.15) is 47.5 Å². The SMILES string of the molecule is COc1ncc(C(=O)Nc2c(-c3cc(F)ccc3F)cncc2C2CCC(F)(F)CC2)cc1F. The maximum atomic E-state index is 14.6. The van der Waals surface area contributed by atoms with Crippen molar-refractivity contribution in [1.82, 2.24) is 9.97 Å². The van der Waals surface area contributed by atoms with Crippen LogP contribution in [-0.2, 0) is 0 Å². The van der Waals surface area contributed by atoms with Gasteiger partial charge in [-0.2, -0.15) is 0 Å². The van der Waals surface area contributed by atoms with Gasteiger partial charge in [-0.15, -0.1) is 0 Å². The first kappa shape index (κ1) is 23.6. The summed E-state index contributed by atoms with van der Waals surface area (Å²) in [5.41, 5.74) is 0.261. The van der Waals surface area contributed by atoms with Gasteiger partial charge in [0, 0.05) is 42.6 Å². The molecule has 10 heteroatoms. The Balaban J connectivity index is 1.78. The standard InChI is InChI=1S/C24H20F5N3O2/c1-34-23-20(27)8-14(10-31-23)22(33)32-21-17(13-4-6-24(28,29)7-5-13)11-30-12-18(21)16-9-15(25)2-3-19(16)26/h2-3,8-13H,4-7H2,1H3,(H,30,32,33). The van der Waals surface area contributed by atoms with E-state index in [1.807, 2.05) is 0 Å². The Morgan fingerprint density at radius 1 is 1.03 bits per heavy atom. The normalized spacial score (nSPS) is 15.7. The Hall–Kier alpha value is -3.56. The molecule has 0 atom stereocenters. The second-order valence-electron chi connectivity index (χ2n) is 8.07. The van der Waals surface area contributed by atoms with Crippen LogP contribution >= 0.6 is 0 Å². The summed E-state index contributed by atoms with van der Waals surface area (Å²) < 4.78 is 74.9. The van der Waals surface area contributed by atoms with Crippen molar-refractivity contribution in [2.24, 2.45) is 0 Å². The van der Waals surface area contributed by atoms with Crippen molar-refractivity contribution < 1.29 is 31.5 Å². The Bertz CT molecular complexity index is 1230. The molecule has 1 saturated carbocycles. The van der Waals surface area contributed by atoms with Gasteiger partial charge in [-0.1, -0.05) is 0 Å². The first-order chi connectivity index (χ1) is 16.2. The number of carbonyl (C=O) groups is 1. The number of anilines is 1. The number of aromatic nitrogens is 2. The number of hydrogen-bond acceptors (Lipinski definition) is 4. The zero-order valence-electron chi connectivity index (χ0n) is 18.0. The van der Waals surface area contributed by atoms with E-state index >= 15 is 0 Å². The fourth-order valence-electron chi connectivity index (χ4n) is 4.07. The molecule has 1 aliphatic rings. The molecule has 1 amide bonds. The Morgan fingerprint density at radius 3 is 2.44 bits per heavy atom. The lowest BCUT2D eigenvalue weighted by Gasteiger charge is -2.30. The molecule has 0 radical (unpaired) electrons. The molecule has 1 fully saturated rings. The van der Waals surface area contributed by atoms with Crippen LogP contribution in [0.5, 0.6) is 5.88 Å². The van der Waals surface area contributed by atoms with Gasteiger partial charge in [0.05, 0.1) is 18.4 Å². The van der Waals surface area contributed by atoms with E-state index in [1.54, 1.807) is 0 Å². The summed E-state index contributed by atoms with van der Waals surface area (Å²) in [6.07, 6.45) is 3.30. The molecule has 0 spiro atoms. The van der Waals surface area contributed by atoms with Crippen molar-refractivity contribution in [1.29, 1.82) is 0 Å². The predicted octanol–water partition coefficient (Wildman–Crippen LogP) is 6.11. The quantitative estimate of drug-likeness (QED) is 0.450. The second-order valence-corrected chi connectivity index (χ2v) is 8.07. The number of halogens is 5. The molecule has 0 saturated heterocycles. The number of nitrogens with one attached hydrogen (secondary N) is 1. The number of ether oxygens (including phenoxy) is 1. The Morgan fingerprint density at radius 2 is 1.76 bits per heavy atom. The minimum Gasteiger partial charge on any atom is -0.479 e. The lowest BCUT2D eigenvalue weighted by Crippen LogP contribution is -2.25. The first-order valence-corrected chi connectivity index (χ1v) is 10.5. The fraction of sp³-hybridized carbons (Fsp3) is 0.292. The molecule has 34 heavy (non-hydrogen) atoms. The van der Waals surface area contributed by atoms with Crippen molar-refractivity contribution >= 4 is 11.6 Å². The highest BCUT2D eigenvalue weighted by Crippen LogP contribution is 2.45. The van der Waals surface area contributed by atoms with Crippen LogP contribution in [0.4, 0.5) is 27.6 Å². The summed E-state index contributed by atoms with van der Waals surface area (Å²) in [4.78, 5) is 20.8. The van der Waals surface area contributed by atoms with Crippen LogP contribution in [0.15, 0.2) is 42.9 Å². The highest BCUT2D eigenvalue weighted by atomic mass is 19.3. The lowest BCUT2D eigenvalue weighted by atomic mass is 9.81. The van der Waals surface area contributed by atoms with Crippen molar-refractivity contribution in [3.05, 3.63) is 71.4 Å². The largest absolute Gasteiger partial charge is 0.479 e. The van der Waals surface area contributed by atoms with E-state index in [0.717, 1.165) is 30.5 Å². The fourth-order valence-corrected chi connectivity index (χ4v) is 4.07. The number of benzene rings is 1. The minimum atomic E-state index is -2.79. The van der Waals surface area contributed by atoms with Crippen LogP contribution in [0.25, 0.3) is 11.1 Å². The van der Waals surface area contributed by atoms with Crippen LogP contribution in [0.2, 0.25) is 0 Å².